The van der Waals surface area contributed by atoms with E-state index in [1.807, 2.05) is 36.9 Å². The lowest BCUT2D eigenvalue weighted by Crippen LogP contribution is -2.46. The Labute approximate surface area is 237 Å². The number of rotatable bonds is 12. The highest BCUT2D eigenvalue weighted by Gasteiger charge is 2.30. The largest absolute Gasteiger partial charge is 0.365 e. The van der Waals surface area contributed by atoms with Crippen molar-refractivity contribution in [2.24, 2.45) is 5.92 Å². The molecule has 1 N–H and O–H groups in total. The molecular formula is C26H41N7O3S2Si. The third-order valence-electron chi connectivity index (χ3n) is 6.58. The van der Waals surface area contributed by atoms with Gasteiger partial charge in [-0.05, 0) is 37.1 Å². The number of nitrogens with zero attached hydrogens (tertiary/aromatic N) is 6. The number of hydrogen-bond donors (Lipinski definition) is 1. The molecule has 214 valence electrons. The Morgan fingerprint density at radius 3 is 2.72 bits per heavy atom. The van der Waals surface area contributed by atoms with Gasteiger partial charge in [0.25, 0.3) is 0 Å². The smallest absolute Gasteiger partial charge is 0.214 e. The van der Waals surface area contributed by atoms with E-state index in [0.29, 0.717) is 36.5 Å². The molecule has 4 heterocycles. The summed E-state index contributed by atoms with van der Waals surface area (Å²) in [6.45, 7) is 13.0. The first-order chi connectivity index (χ1) is 18.4. The predicted octanol–water partition coefficient (Wildman–Crippen LogP) is 4.78. The van der Waals surface area contributed by atoms with Crippen LogP contribution in [0.2, 0.25) is 25.7 Å². The van der Waals surface area contributed by atoms with E-state index in [0.717, 1.165) is 42.2 Å². The lowest BCUT2D eigenvalue weighted by molar-refractivity contribution is 0.0899. The fraction of sp³-hybridized carbons (Fsp3) is 0.615. The van der Waals surface area contributed by atoms with E-state index in [4.69, 9.17) is 19.7 Å². The standard InChI is InChI=1S/C26H41N7O3S2Si/c1-19(2)17-38(34,35)33-10-7-8-20(16-33)29-24-21(14-28-26(31-24)37-3)23-15-27-25-22(30-23)9-11-32(25)18-36-12-13-39(4,5)6/h9,11,14-15,19-20H,7-8,10,12-13,16-18H2,1-6H3,(H,28,29,31). The third kappa shape index (κ3) is 8.00. The number of anilines is 1. The van der Waals surface area contributed by atoms with Gasteiger partial charge in [0.15, 0.2) is 10.8 Å². The van der Waals surface area contributed by atoms with Gasteiger partial charge in [0.1, 0.15) is 18.1 Å². The van der Waals surface area contributed by atoms with E-state index in [-0.39, 0.29) is 17.7 Å². The molecule has 1 atom stereocenters. The molecule has 0 amide bonds. The first-order valence-electron chi connectivity index (χ1n) is 13.5. The minimum absolute atomic E-state index is 0.0601. The summed E-state index contributed by atoms with van der Waals surface area (Å²) >= 11 is 1.46. The fourth-order valence-corrected chi connectivity index (χ4v) is 7.50. The quantitative estimate of drug-likeness (QED) is 0.137. The van der Waals surface area contributed by atoms with Crippen LogP contribution in [0.25, 0.3) is 22.4 Å². The third-order valence-corrected chi connectivity index (χ3v) is 11.1. The van der Waals surface area contributed by atoms with Crippen molar-refractivity contribution in [3.8, 4) is 11.3 Å². The molecule has 0 aliphatic carbocycles. The monoisotopic (exact) mass is 591 g/mol. The zero-order chi connectivity index (χ0) is 28.2. The van der Waals surface area contributed by atoms with Crippen molar-refractivity contribution >= 4 is 46.8 Å². The Hall–Kier alpha value is -2.06. The molecule has 1 fully saturated rings. The van der Waals surface area contributed by atoms with Crippen LogP contribution in [0, 0.1) is 5.92 Å². The molecule has 39 heavy (non-hydrogen) atoms. The van der Waals surface area contributed by atoms with Gasteiger partial charge in [0.05, 0.1) is 23.2 Å². The number of piperidine rings is 1. The summed E-state index contributed by atoms with van der Waals surface area (Å²) < 4.78 is 35.3. The van der Waals surface area contributed by atoms with Crippen LogP contribution in [-0.2, 0) is 21.5 Å². The van der Waals surface area contributed by atoms with Gasteiger partial charge in [0.2, 0.25) is 10.0 Å². The summed E-state index contributed by atoms with van der Waals surface area (Å²) in [6, 6.07) is 3.00. The highest BCUT2D eigenvalue weighted by molar-refractivity contribution is 7.98. The molecule has 1 aliphatic heterocycles. The van der Waals surface area contributed by atoms with Gasteiger partial charge in [-0.3, -0.25) is 0 Å². The van der Waals surface area contributed by atoms with Crippen molar-refractivity contribution in [2.45, 2.75) is 70.3 Å². The van der Waals surface area contributed by atoms with Gasteiger partial charge in [0, 0.05) is 46.2 Å². The second kappa shape index (κ2) is 12.6. The number of fused-ring (bicyclic) bond motifs is 1. The number of aromatic nitrogens is 5. The zero-order valence-electron chi connectivity index (χ0n) is 23.8. The summed E-state index contributed by atoms with van der Waals surface area (Å²) in [5, 5.41) is 4.15. The molecule has 0 aromatic carbocycles. The predicted molar refractivity (Wildman–Crippen MR) is 161 cm³/mol. The summed E-state index contributed by atoms with van der Waals surface area (Å²) in [5.74, 6) is 0.888. The molecule has 0 radical (unpaired) electrons. The van der Waals surface area contributed by atoms with Gasteiger partial charge in [-0.15, -0.1) is 0 Å². The highest BCUT2D eigenvalue weighted by atomic mass is 32.2. The van der Waals surface area contributed by atoms with Crippen LogP contribution in [0.5, 0.6) is 0 Å². The van der Waals surface area contributed by atoms with Crippen LogP contribution in [0.3, 0.4) is 0 Å². The van der Waals surface area contributed by atoms with Gasteiger partial charge in [-0.2, -0.15) is 4.31 Å². The zero-order valence-corrected chi connectivity index (χ0v) is 26.5. The highest BCUT2D eigenvalue weighted by Crippen LogP contribution is 2.29. The van der Waals surface area contributed by atoms with E-state index in [2.05, 4.69) is 29.9 Å². The van der Waals surface area contributed by atoms with Gasteiger partial charge in [-0.25, -0.2) is 28.4 Å². The van der Waals surface area contributed by atoms with Gasteiger partial charge < -0.3 is 14.6 Å². The summed E-state index contributed by atoms with van der Waals surface area (Å²) in [6.07, 6.45) is 9.04. The van der Waals surface area contributed by atoms with Crippen molar-refractivity contribution < 1.29 is 13.2 Å². The maximum atomic E-state index is 12.9. The van der Waals surface area contributed by atoms with E-state index in [9.17, 15) is 8.42 Å². The molecule has 3 aromatic rings. The Balaban J connectivity index is 1.53. The molecule has 1 aliphatic rings. The number of ether oxygens (including phenoxy) is 1. The number of sulfonamides is 1. The molecule has 10 nitrogen and oxygen atoms in total. The maximum Gasteiger partial charge on any atom is 0.214 e. The lowest BCUT2D eigenvalue weighted by Gasteiger charge is -2.33. The van der Waals surface area contributed by atoms with Crippen molar-refractivity contribution in [1.82, 2.24) is 28.8 Å². The number of hydrogen-bond acceptors (Lipinski definition) is 9. The Morgan fingerprint density at radius 2 is 2.00 bits per heavy atom. The van der Waals surface area contributed by atoms with Gasteiger partial charge >= 0.3 is 0 Å². The maximum absolute atomic E-state index is 12.9. The molecule has 1 unspecified atom stereocenters. The Bertz CT molecular complexity index is 1380. The second-order valence-corrected chi connectivity index (χ2v) is 20.1. The summed E-state index contributed by atoms with van der Waals surface area (Å²) in [7, 11) is -4.44. The van der Waals surface area contributed by atoms with Crippen LogP contribution in [0.4, 0.5) is 5.82 Å². The minimum atomic E-state index is -3.30. The second-order valence-electron chi connectivity index (χ2n) is 11.7. The first kappa shape index (κ1) is 29.9. The van der Waals surface area contributed by atoms with Crippen LogP contribution in [0.15, 0.2) is 29.8 Å². The molecule has 0 spiro atoms. The molecule has 3 aromatic heterocycles. The number of nitrogens with one attached hydrogen (secondary N) is 1. The topological polar surface area (TPSA) is 115 Å². The van der Waals surface area contributed by atoms with Crippen molar-refractivity contribution in [2.75, 3.05) is 37.0 Å². The van der Waals surface area contributed by atoms with Crippen LogP contribution in [0.1, 0.15) is 26.7 Å². The van der Waals surface area contributed by atoms with Crippen LogP contribution >= 0.6 is 11.8 Å². The Kier molecular flexibility index (Phi) is 9.68. The van der Waals surface area contributed by atoms with Crippen molar-refractivity contribution in [1.29, 1.82) is 0 Å². The molecule has 0 bridgehead atoms. The lowest BCUT2D eigenvalue weighted by atomic mass is 10.1. The minimum Gasteiger partial charge on any atom is -0.365 e. The fourth-order valence-electron chi connectivity index (χ4n) is 4.53. The first-order valence-corrected chi connectivity index (χ1v) is 20.0. The molecular weight excluding hydrogens is 551 g/mol. The van der Waals surface area contributed by atoms with Gasteiger partial charge in [-0.1, -0.05) is 45.3 Å². The SMILES string of the molecule is CSc1ncc(-c2cnc3c(ccn3COCC[Si](C)(C)C)n2)c(NC2CCCN(S(=O)(=O)CC(C)C)C2)n1. The molecule has 0 saturated carbocycles. The molecule has 13 heteroatoms. The normalized spacial score (nSPS) is 17.3. The van der Waals surface area contributed by atoms with E-state index >= 15 is 0 Å². The Morgan fingerprint density at radius 1 is 1.21 bits per heavy atom. The van der Waals surface area contributed by atoms with Crippen LogP contribution in [-0.4, -0.2) is 83.0 Å². The molecule has 4 rings (SSSR count). The van der Waals surface area contributed by atoms with Crippen molar-refractivity contribution in [3.63, 3.8) is 0 Å². The van der Waals surface area contributed by atoms with E-state index < -0.39 is 18.1 Å². The summed E-state index contributed by atoms with van der Waals surface area (Å²) in [5.41, 5.74) is 2.93. The average molecular weight is 592 g/mol. The number of thioether (sulfide) groups is 1. The van der Waals surface area contributed by atoms with E-state index in [1.54, 1.807) is 16.7 Å². The van der Waals surface area contributed by atoms with E-state index in [1.165, 1.54) is 11.8 Å². The summed E-state index contributed by atoms with van der Waals surface area (Å²) in [4.78, 5) is 18.8. The van der Waals surface area contributed by atoms with Crippen molar-refractivity contribution in [3.05, 3.63) is 24.7 Å². The average Bonchev–Trinajstić information content (AvgIpc) is 3.27. The van der Waals surface area contributed by atoms with Crippen LogP contribution < -0.4 is 5.32 Å². The molecule has 1 saturated heterocycles.